The van der Waals surface area contributed by atoms with Crippen LogP contribution in [-0.2, 0) is 4.79 Å². The van der Waals surface area contributed by atoms with E-state index < -0.39 is 12.0 Å². The van der Waals surface area contributed by atoms with Crippen LogP contribution >= 0.6 is 0 Å². The van der Waals surface area contributed by atoms with Gasteiger partial charge < -0.3 is 14.6 Å². The summed E-state index contributed by atoms with van der Waals surface area (Å²) in [6.07, 6.45) is 2.39. The molecule has 0 saturated carbocycles. The Morgan fingerprint density at radius 2 is 2.00 bits per heavy atom. The quantitative estimate of drug-likeness (QED) is 0.908. The highest BCUT2D eigenvalue weighted by Crippen LogP contribution is 2.35. The van der Waals surface area contributed by atoms with Crippen LogP contribution in [0.5, 0.6) is 11.5 Å². The lowest BCUT2D eigenvalue weighted by molar-refractivity contribution is -0.144. The van der Waals surface area contributed by atoms with Gasteiger partial charge in [-0.05, 0) is 37.1 Å². The first-order chi connectivity index (χ1) is 11.2. The van der Waals surface area contributed by atoms with Crippen LogP contribution in [0.25, 0.3) is 0 Å². The number of benzene rings is 1. The lowest BCUT2D eigenvalue weighted by Crippen LogP contribution is -2.52. The number of hydrogen-bond acceptors (Lipinski definition) is 5. The lowest BCUT2D eigenvalue weighted by atomic mass is 10.0. The Labute approximate surface area is 135 Å². The molecule has 1 N–H and O–H groups in total. The smallest absolute Gasteiger partial charge is 0.325 e. The number of carboxylic acid groups (broad SMARTS) is 1. The van der Waals surface area contributed by atoms with E-state index in [4.69, 9.17) is 9.47 Å². The van der Waals surface area contributed by atoms with E-state index in [-0.39, 0.29) is 0 Å². The molecule has 4 rings (SSSR count). The molecule has 0 spiro atoms. The molecule has 6 heteroatoms. The standard InChI is InChI=1S/C17H22N2O4/c20-17(21)16(19-7-6-18-5-1-2-13(18)11-19)12-3-4-14-15(10-12)23-9-8-22-14/h3-4,10,13,16H,1-2,5-9,11H2,(H,20,21)/t13-,16?/m1/s1. The molecule has 3 aliphatic rings. The highest BCUT2D eigenvalue weighted by molar-refractivity contribution is 5.76. The zero-order chi connectivity index (χ0) is 15.8. The normalized spacial score (nSPS) is 25.8. The first-order valence-corrected chi connectivity index (χ1v) is 8.33. The van der Waals surface area contributed by atoms with Gasteiger partial charge in [0.25, 0.3) is 0 Å². The summed E-state index contributed by atoms with van der Waals surface area (Å²) >= 11 is 0. The first-order valence-electron chi connectivity index (χ1n) is 8.33. The molecule has 124 valence electrons. The molecule has 6 nitrogen and oxygen atoms in total. The van der Waals surface area contributed by atoms with Crippen LogP contribution < -0.4 is 9.47 Å². The Bertz CT molecular complexity index is 606. The number of fused-ring (bicyclic) bond motifs is 2. The van der Waals surface area contributed by atoms with Crippen LogP contribution in [0.15, 0.2) is 18.2 Å². The average Bonchev–Trinajstić information content (AvgIpc) is 3.02. The molecular weight excluding hydrogens is 296 g/mol. The largest absolute Gasteiger partial charge is 0.486 e. The number of carboxylic acids is 1. The third-order valence-corrected chi connectivity index (χ3v) is 5.10. The molecule has 1 aromatic carbocycles. The number of nitrogens with zero attached hydrogens (tertiary/aromatic N) is 2. The molecule has 0 aliphatic carbocycles. The second-order valence-corrected chi connectivity index (χ2v) is 6.47. The maximum atomic E-state index is 11.9. The molecular formula is C17H22N2O4. The fraction of sp³-hybridized carbons (Fsp3) is 0.588. The van der Waals surface area contributed by atoms with Gasteiger partial charge in [-0.15, -0.1) is 0 Å². The first kappa shape index (κ1) is 14.8. The Morgan fingerprint density at radius 3 is 2.83 bits per heavy atom. The van der Waals surface area contributed by atoms with Gasteiger partial charge in [0.2, 0.25) is 0 Å². The molecule has 0 bridgehead atoms. The maximum Gasteiger partial charge on any atom is 0.325 e. The summed E-state index contributed by atoms with van der Waals surface area (Å²) in [5.74, 6) is 0.553. The van der Waals surface area contributed by atoms with Gasteiger partial charge in [0.1, 0.15) is 19.3 Å². The number of piperazine rings is 1. The highest BCUT2D eigenvalue weighted by atomic mass is 16.6. The van der Waals surface area contributed by atoms with Crippen molar-refractivity contribution in [2.45, 2.75) is 24.9 Å². The van der Waals surface area contributed by atoms with Gasteiger partial charge in [0.05, 0.1) is 0 Å². The van der Waals surface area contributed by atoms with Gasteiger partial charge in [-0.2, -0.15) is 0 Å². The molecule has 1 unspecified atom stereocenters. The maximum absolute atomic E-state index is 11.9. The van der Waals surface area contributed by atoms with Crippen molar-refractivity contribution in [1.82, 2.24) is 9.80 Å². The monoisotopic (exact) mass is 318 g/mol. The molecule has 2 saturated heterocycles. The molecule has 0 radical (unpaired) electrons. The number of ether oxygens (including phenoxy) is 2. The zero-order valence-electron chi connectivity index (χ0n) is 13.1. The summed E-state index contributed by atoms with van der Waals surface area (Å²) < 4.78 is 11.1. The summed E-state index contributed by atoms with van der Waals surface area (Å²) in [6.45, 7) is 4.78. The van der Waals surface area contributed by atoms with E-state index in [9.17, 15) is 9.90 Å². The van der Waals surface area contributed by atoms with Crippen LogP contribution in [0.4, 0.5) is 0 Å². The summed E-state index contributed by atoms with van der Waals surface area (Å²) in [4.78, 5) is 16.5. The number of hydrogen-bond donors (Lipinski definition) is 1. The Kier molecular flexibility index (Phi) is 3.87. The minimum atomic E-state index is -0.798. The van der Waals surface area contributed by atoms with Crippen molar-refractivity contribution >= 4 is 5.97 Å². The Morgan fingerprint density at radius 1 is 1.17 bits per heavy atom. The van der Waals surface area contributed by atoms with Crippen molar-refractivity contribution in [2.75, 3.05) is 39.4 Å². The zero-order valence-corrected chi connectivity index (χ0v) is 13.1. The van der Waals surface area contributed by atoms with Crippen molar-refractivity contribution in [3.63, 3.8) is 0 Å². The molecule has 3 aliphatic heterocycles. The van der Waals surface area contributed by atoms with E-state index >= 15 is 0 Å². The number of rotatable bonds is 3. The predicted octanol–water partition coefficient (Wildman–Crippen LogP) is 1.36. The van der Waals surface area contributed by atoms with Gasteiger partial charge in [-0.1, -0.05) is 6.07 Å². The number of aliphatic carboxylic acids is 1. The Balaban J connectivity index is 1.59. The second kappa shape index (κ2) is 6.02. The van der Waals surface area contributed by atoms with Crippen LogP contribution in [0, 0.1) is 0 Å². The SMILES string of the molecule is O=C(O)C(c1ccc2c(c1)OCCO2)N1CCN2CCC[C@@H]2C1. The minimum absolute atomic E-state index is 0.503. The van der Waals surface area contributed by atoms with Crippen LogP contribution in [-0.4, -0.2) is 66.3 Å². The van der Waals surface area contributed by atoms with Crippen LogP contribution in [0.3, 0.4) is 0 Å². The highest BCUT2D eigenvalue weighted by Gasteiger charge is 2.37. The van der Waals surface area contributed by atoms with Crippen molar-refractivity contribution < 1.29 is 19.4 Å². The van der Waals surface area contributed by atoms with Gasteiger partial charge in [0, 0.05) is 25.7 Å². The molecule has 2 atom stereocenters. The fourth-order valence-corrected chi connectivity index (χ4v) is 3.99. The van der Waals surface area contributed by atoms with E-state index in [0.717, 1.165) is 31.7 Å². The second-order valence-electron chi connectivity index (χ2n) is 6.47. The number of carbonyl (C=O) groups is 1. The lowest BCUT2D eigenvalue weighted by Gasteiger charge is -2.40. The molecule has 3 heterocycles. The molecule has 0 aromatic heterocycles. The molecule has 2 fully saturated rings. The van der Waals surface area contributed by atoms with E-state index in [1.807, 2.05) is 18.2 Å². The Hall–Kier alpha value is -1.79. The van der Waals surface area contributed by atoms with Crippen LogP contribution in [0.1, 0.15) is 24.4 Å². The van der Waals surface area contributed by atoms with Crippen molar-refractivity contribution in [2.24, 2.45) is 0 Å². The molecule has 23 heavy (non-hydrogen) atoms. The predicted molar refractivity (Wildman–Crippen MR) is 84.0 cm³/mol. The summed E-state index contributed by atoms with van der Waals surface area (Å²) in [6, 6.07) is 5.39. The van der Waals surface area contributed by atoms with Gasteiger partial charge in [-0.25, -0.2) is 0 Å². The van der Waals surface area contributed by atoms with Crippen molar-refractivity contribution in [3.8, 4) is 11.5 Å². The third kappa shape index (κ3) is 2.77. The van der Waals surface area contributed by atoms with Gasteiger partial charge in [0.15, 0.2) is 11.5 Å². The van der Waals surface area contributed by atoms with E-state index in [0.29, 0.717) is 30.8 Å². The third-order valence-electron chi connectivity index (χ3n) is 5.10. The van der Waals surface area contributed by atoms with E-state index in [1.54, 1.807) is 0 Å². The summed E-state index contributed by atoms with van der Waals surface area (Å²) in [5.41, 5.74) is 0.771. The van der Waals surface area contributed by atoms with E-state index in [1.165, 1.54) is 12.8 Å². The van der Waals surface area contributed by atoms with Gasteiger partial charge >= 0.3 is 5.97 Å². The summed E-state index contributed by atoms with van der Waals surface area (Å²) in [5, 5.41) is 9.80. The van der Waals surface area contributed by atoms with Crippen LogP contribution in [0.2, 0.25) is 0 Å². The minimum Gasteiger partial charge on any atom is -0.486 e. The molecule has 1 aromatic rings. The molecule has 0 amide bonds. The van der Waals surface area contributed by atoms with Crippen molar-refractivity contribution in [3.05, 3.63) is 23.8 Å². The van der Waals surface area contributed by atoms with Gasteiger partial charge in [-0.3, -0.25) is 14.6 Å². The topological polar surface area (TPSA) is 62.2 Å². The summed E-state index contributed by atoms with van der Waals surface area (Å²) in [7, 11) is 0. The average molecular weight is 318 g/mol. The fourth-order valence-electron chi connectivity index (χ4n) is 3.99. The van der Waals surface area contributed by atoms with E-state index in [2.05, 4.69) is 9.80 Å². The van der Waals surface area contributed by atoms with Crippen molar-refractivity contribution in [1.29, 1.82) is 0 Å².